The molecular weight excluding hydrogens is 468 g/mol. The highest BCUT2D eigenvalue weighted by Crippen LogP contribution is 2.38. The van der Waals surface area contributed by atoms with E-state index in [9.17, 15) is 9.59 Å². The molecule has 2 aromatic rings. The minimum atomic E-state index is -0.420. The predicted octanol–water partition coefficient (Wildman–Crippen LogP) is 4.26. The predicted molar refractivity (Wildman–Crippen MR) is 122 cm³/mol. The van der Waals surface area contributed by atoms with Gasteiger partial charge in [-0.3, -0.25) is 9.59 Å². The van der Waals surface area contributed by atoms with Gasteiger partial charge in [-0.2, -0.15) is 4.99 Å². The first kappa shape index (κ1) is 21.7. The molecule has 0 spiro atoms. The van der Waals surface area contributed by atoms with Crippen LogP contribution in [0.15, 0.2) is 56.8 Å². The fourth-order valence-corrected chi connectivity index (χ4v) is 3.95. The molecule has 0 bridgehead atoms. The summed E-state index contributed by atoms with van der Waals surface area (Å²) in [6, 6.07) is 12.2. The number of terminal acetylenes is 1. The number of carbonyl (C=O) groups excluding carboxylic acids is 2. The zero-order chi connectivity index (χ0) is 21.5. The van der Waals surface area contributed by atoms with Gasteiger partial charge in [0.2, 0.25) is 0 Å². The summed E-state index contributed by atoms with van der Waals surface area (Å²) in [5.74, 6) is 2.67. The summed E-state index contributed by atoms with van der Waals surface area (Å²) >= 11 is 4.55. The van der Waals surface area contributed by atoms with Gasteiger partial charge in [0, 0.05) is 5.56 Å². The molecule has 0 aliphatic carbocycles. The van der Waals surface area contributed by atoms with Crippen LogP contribution in [-0.2, 0) is 4.79 Å². The molecule has 2 aromatic carbocycles. The molecule has 152 valence electrons. The lowest BCUT2D eigenvalue weighted by molar-refractivity contribution is -0.115. The van der Waals surface area contributed by atoms with E-state index in [1.54, 1.807) is 42.5 Å². The lowest BCUT2D eigenvalue weighted by atomic mass is 10.2. The topological polar surface area (TPSA) is 77.0 Å². The first-order chi connectivity index (χ1) is 14.5. The van der Waals surface area contributed by atoms with Gasteiger partial charge in [-0.1, -0.05) is 24.1 Å². The summed E-state index contributed by atoms with van der Waals surface area (Å²) in [4.78, 5) is 29.0. The van der Waals surface area contributed by atoms with Crippen LogP contribution in [0.5, 0.6) is 11.5 Å². The van der Waals surface area contributed by atoms with Crippen molar-refractivity contribution in [1.82, 2.24) is 5.32 Å². The summed E-state index contributed by atoms with van der Waals surface area (Å²) in [5, 5.41) is 2.85. The van der Waals surface area contributed by atoms with Crippen LogP contribution in [-0.4, -0.2) is 30.2 Å². The average molecular weight is 485 g/mol. The van der Waals surface area contributed by atoms with Crippen LogP contribution in [0.25, 0.3) is 6.08 Å². The summed E-state index contributed by atoms with van der Waals surface area (Å²) in [6.07, 6.45) is 6.95. The molecule has 0 unspecified atom stereocenters. The zero-order valence-corrected chi connectivity index (χ0v) is 18.4. The van der Waals surface area contributed by atoms with E-state index in [0.29, 0.717) is 38.6 Å². The van der Waals surface area contributed by atoms with Crippen molar-refractivity contribution in [2.75, 3.05) is 13.2 Å². The highest BCUT2D eigenvalue weighted by Gasteiger charge is 2.25. The molecule has 8 heteroatoms. The molecule has 1 aliphatic rings. The molecule has 30 heavy (non-hydrogen) atoms. The maximum Gasteiger partial charge on any atom is 0.279 e. The van der Waals surface area contributed by atoms with Gasteiger partial charge in [0.15, 0.2) is 16.7 Å². The van der Waals surface area contributed by atoms with Gasteiger partial charge in [-0.05, 0) is 70.5 Å². The van der Waals surface area contributed by atoms with Crippen LogP contribution >= 0.6 is 27.7 Å². The van der Waals surface area contributed by atoms with Crippen LogP contribution < -0.4 is 14.8 Å². The van der Waals surface area contributed by atoms with Crippen molar-refractivity contribution in [3.63, 3.8) is 0 Å². The molecule has 6 nitrogen and oxygen atoms in total. The maximum atomic E-state index is 12.3. The summed E-state index contributed by atoms with van der Waals surface area (Å²) in [6.45, 7) is 2.40. The summed E-state index contributed by atoms with van der Waals surface area (Å²) in [5.41, 5.74) is 1.16. The third-order valence-corrected chi connectivity index (χ3v) is 5.30. The van der Waals surface area contributed by atoms with Crippen molar-refractivity contribution in [2.45, 2.75) is 6.92 Å². The third kappa shape index (κ3) is 5.32. The summed E-state index contributed by atoms with van der Waals surface area (Å²) in [7, 11) is 0. The molecule has 1 saturated heterocycles. The Morgan fingerprint density at radius 1 is 1.30 bits per heavy atom. The van der Waals surface area contributed by atoms with Gasteiger partial charge in [-0.25, -0.2) is 0 Å². The van der Waals surface area contributed by atoms with Gasteiger partial charge < -0.3 is 14.8 Å². The van der Waals surface area contributed by atoms with E-state index in [1.807, 2.05) is 13.0 Å². The molecule has 1 fully saturated rings. The van der Waals surface area contributed by atoms with Gasteiger partial charge in [-0.15, -0.1) is 6.42 Å². The van der Waals surface area contributed by atoms with E-state index in [1.165, 1.54) is 0 Å². The SMILES string of the molecule is C#CCOc1c(Br)cc(/C=C2\SC(=NC(=O)c3ccccc3)NC2=O)cc1OCC. The van der Waals surface area contributed by atoms with E-state index in [4.69, 9.17) is 15.9 Å². The number of nitrogens with zero attached hydrogens (tertiary/aromatic N) is 1. The molecule has 0 aromatic heterocycles. The zero-order valence-electron chi connectivity index (χ0n) is 16.0. The quantitative estimate of drug-likeness (QED) is 0.489. The number of nitrogens with one attached hydrogen (secondary N) is 1. The second-order valence-corrected chi connectivity index (χ2v) is 7.79. The van der Waals surface area contributed by atoms with Crippen LogP contribution in [0.3, 0.4) is 0 Å². The number of ether oxygens (including phenoxy) is 2. The number of rotatable bonds is 6. The van der Waals surface area contributed by atoms with Crippen LogP contribution in [0, 0.1) is 12.3 Å². The first-order valence-electron chi connectivity index (χ1n) is 8.93. The minimum absolute atomic E-state index is 0.104. The van der Waals surface area contributed by atoms with Crippen LogP contribution in [0.2, 0.25) is 0 Å². The Bertz CT molecular complexity index is 1070. The second-order valence-electron chi connectivity index (χ2n) is 5.91. The normalized spacial score (nSPS) is 15.7. The molecule has 0 radical (unpaired) electrons. The Kier molecular flexibility index (Phi) is 7.33. The van der Waals surface area contributed by atoms with Crippen molar-refractivity contribution in [3.8, 4) is 23.8 Å². The summed E-state index contributed by atoms with van der Waals surface area (Å²) < 4.78 is 11.8. The van der Waals surface area contributed by atoms with E-state index in [0.717, 1.165) is 11.8 Å². The molecular formula is C22H17BrN2O4S. The fourth-order valence-electron chi connectivity index (χ4n) is 2.56. The monoisotopic (exact) mass is 484 g/mol. The largest absolute Gasteiger partial charge is 0.490 e. The standard InChI is InChI=1S/C22H17BrN2O4S/c1-3-10-29-19-16(23)11-14(12-17(19)28-4-2)13-18-21(27)25-22(30-18)24-20(26)15-8-6-5-7-9-15/h1,5-9,11-13H,4,10H2,2H3,(H,24,25,26,27)/b18-13-. The molecule has 1 N–H and O–H groups in total. The fraction of sp³-hybridized carbons (Fsp3) is 0.136. The van der Waals surface area contributed by atoms with Crippen molar-refractivity contribution in [3.05, 3.63) is 63.0 Å². The lowest BCUT2D eigenvalue weighted by Gasteiger charge is -2.13. The highest BCUT2D eigenvalue weighted by atomic mass is 79.9. The number of carbonyl (C=O) groups is 2. The maximum absolute atomic E-state index is 12.3. The van der Waals surface area contributed by atoms with Crippen molar-refractivity contribution >= 4 is 50.7 Å². The van der Waals surface area contributed by atoms with E-state index in [-0.39, 0.29) is 17.7 Å². The lowest BCUT2D eigenvalue weighted by Crippen LogP contribution is -2.20. The van der Waals surface area contributed by atoms with Crippen molar-refractivity contribution in [1.29, 1.82) is 0 Å². The molecule has 0 atom stereocenters. The Balaban J connectivity index is 1.84. The number of amides is 2. The Hall–Kier alpha value is -3.02. The molecule has 0 saturated carbocycles. The van der Waals surface area contributed by atoms with Gasteiger partial charge in [0.1, 0.15) is 6.61 Å². The molecule has 1 heterocycles. The Morgan fingerprint density at radius 2 is 2.07 bits per heavy atom. The van der Waals surface area contributed by atoms with Crippen LogP contribution in [0.1, 0.15) is 22.8 Å². The number of thioether (sulfide) groups is 1. The van der Waals surface area contributed by atoms with Crippen LogP contribution in [0.4, 0.5) is 0 Å². The van der Waals surface area contributed by atoms with Crippen molar-refractivity contribution in [2.24, 2.45) is 4.99 Å². The molecule has 1 aliphatic heterocycles. The van der Waals surface area contributed by atoms with Gasteiger partial charge >= 0.3 is 0 Å². The van der Waals surface area contributed by atoms with Gasteiger partial charge in [0.05, 0.1) is 16.0 Å². The minimum Gasteiger partial charge on any atom is -0.490 e. The molecule has 3 rings (SSSR count). The Labute approximate surface area is 186 Å². The molecule has 2 amide bonds. The number of hydrogen-bond acceptors (Lipinski definition) is 5. The third-order valence-electron chi connectivity index (χ3n) is 3.80. The number of aliphatic imine (C=N–C) groups is 1. The Morgan fingerprint density at radius 3 is 2.77 bits per heavy atom. The second kappa shape index (κ2) is 10.1. The average Bonchev–Trinajstić information content (AvgIpc) is 3.07. The van der Waals surface area contributed by atoms with E-state index >= 15 is 0 Å². The first-order valence-corrected chi connectivity index (χ1v) is 10.5. The smallest absolute Gasteiger partial charge is 0.279 e. The highest BCUT2D eigenvalue weighted by molar-refractivity contribution is 9.10. The van der Waals surface area contributed by atoms with E-state index in [2.05, 4.69) is 32.2 Å². The van der Waals surface area contributed by atoms with E-state index < -0.39 is 5.91 Å². The number of benzene rings is 2. The van der Waals surface area contributed by atoms with Gasteiger partial charge in [0.25, 0.3) is 11.8 Å². The number of hydrogen-bond donors (Lipinski definition) is 1. The number of amidine groups is 1. The number of halogens is 1. The van der Waals surface area contributed by atoms with Crippen molar-refractivity contribution < 1.29 is 19.1 Å².